The fourth-order valence-corrected chi connectivity index (χ4v) is 3.06. The fourth-order valence-electron chi connectivity index (χ4n) is 2.86. The second-order valence-corrected chi connectivity index (χ2v) is 6.80. The third-order valence-electron chi connectivity index (χ3n) is 4.17. The Kier molecular flexibility index (Phi) is 5.21. The van der Waals surface area contributed by atoms with Crippen LogP contribution in [0.5, 0.6) is 0 Å². The second kappa shape index (κ2) is 7.36. The molecule has 2 aromatic rings. The van der Waals surface area contributed by atoms with Crippen molar-refractivity contribution in [2.24, 2.45) is 0 Å². The number of halogens is 1. The molecule has 5 nitrogen and oxygen atoms in total. The first-order valence-corrected chi connectivity index (χ1v) is 8.70. The summed E-state index contributed by atoms with van der Waals surface area (Å²) in [6, 6.07) is 8.06. The van der Waals surface area contributed by atoms with Crippen LogP contribution >= 0.6 is 11.6 Å². The van der Waals surface area contributed by atoms with Gasteiger partial charge in [-0.2, -0.15) is 0 Å². The monoisotopic (exact) mass is 346 g/mol. The Hall–Kier alpha value is -1.85. The lowest BCUT2D eigenvalue weighted by Gasteiger charge is -2.30. The van der Waals surface area contributed by atoms with E-state index in [2.05, 4.69) is 41.2 Å². The van der Waals surface area contributed by atoms with Crippen LogP contribution in [0.25, 0.3) is 0 Å². The highest BCUT2D eigenvalue weighted by molar-refractivity contribution is 6.30. The summed E-state index contributed by atoms with van der Waals surface area (Å²) in [5.74, 6) is 2.75. The van der Waals surface area contributed by atoms with E-state index in [4.69, 9.17) is 21.7 Å². The molecule has 2 N–H and O–H groups in total. The molecule has 0 unspecified atom stereocenters. The zero-order valence-electron chi connectivity index (χ0n) is 14.1. The van der Waals surface area contributed by atoms with Crippen molar-refractivity contribution in [3.05, 3.63) is 46.2 Å². The molecule has 24 heavy (non-hydrogen) atoms. The molecule has 0 atom stereocenters. The molecule has 1 aliphatic rings. The van der Waals surface area contributed by atoms with E-state index in [0.29, 0.717) is 6.54 Å². The van der Waals surface area contributed by atoms with E-state index in [-0.39, 0.29) is 12.5 Å². The van der Waals surface area contributed by atoms with Gasteiger partial charge in [0.05, 0.1) is 6.61 Å². The van der Waals surface area contributed by atoms with E-state index in [0.717, 1.165) is 42.0 Å². The quantitative estimate of drug-likeness (QED) is 0.870. The molecule has 128 valence electrons. The Morgan fingerprint density at radius 3 is 2.83 bits per heavy atom. The molecule has 1 aromatic carbocycles. The molecular weight excluding hydrogens is 324 g/mol. The van der Waals surface area contributed by atoms with Crippen molar-refractivity contribution in [1.82, 2.24) is 9.97 Å². The minimum atomic E-state index is 0.0776. The molecule has 0 spiro atoms. The second-order valence-electron chi connectivity index (χ2n) is 6.36. The van der Waals surface area contributed by atoms with E-state index in [1.54, 1.807) is 0 Å². The Morgan fingerprint density at radius 1 is 1.25 bits per heavy atom. The summed E-state index contributed by atoms with van der Waals surface area (Å²) in [7, 11) is 0. The SMILES string of the molecule is CC(C)c1nc(NCCO)cc(N2CCc3cc(Cl)ccc3C2)n1. The van der Waals surface area contributed by atoms with Gasteiger partial charge in [-0.3, -0.25) is 0 Å². The summed E-state index contributed by atoms with van der Waals surface area (Å²) in [5.41, 5.74) is 2.61. The Morgan fingerprint density at radius 2 is 2.08 bits per heavy atom. The molecule has 3 rings (SSSR count). The first-order chi connectivity index (χ1) is 11.6. The van der Waals surface area contributed by atoms with E-state index < -0.39 is 0 Å². The van der Waals surface area contributed by atoms with Gasteiger partial charge in [0.2, 0.25) is 0 Å². The van der Waals surface area contributed by atoms with Crippen molar-refractivity contribution in [2.75, 3.05) is 29.9 Å². The van der Waals surface area contributed by atoms with Crippen LogP contribution in [-0.2, 0) is 13.0 Å². The number of aromatic nitrogens is 2. The Balaban J connectivity index is 1.88. The predicted octanol–water partition coefficient (Wildman–Crippen LogP) is 3.22. The highest BCUT2D eigenvalue weighted by Gasteiger charge is 2.19. The number of benzene rings is 1. The summed E-state index contributed by atoms with van der Waals surface area (Å²) in [5, 5.41) is 13.0. The molecule has 0 saturated carbocycles. The van der Waals surface area contributed by atoms with Gasteiger partial charge in [0.15, 0.2) is 0 Å². The van der Waals surface area contributed by atoms with Gasteiger partial charge < -0.3 is 15.3 Å². The van der Waals surface area contributed by atoms with Crippen molar-refractivity contribution < 1.29 is 5.11 Å². The smallest absolute Gasteiger partial charge is 0.135 e. The molecule has 6 heteroatoms. The van der Waals surface area contributed by atoms with Crippen LogP contribution in [0.1, 0.15) is 36.7 Å². The third-order valence-corrected chi connectivity index (χ3v) is 4.40. The third kappa shape index (κ3) is 3.79. The number of anilines is 2. The lowest BCUT2D eigenvalue weighted by molar-refractivity contribution is 0.311. The number of rotatable bonds is 5. The van der Waals surface area contributed by atoms with Crippen LogP contribution in [0, 0.1) is 0 Å². The number of aliphatic hydroxyl groups is 1. The fraction of sp³-hybridized carbons (Fsp3) is 0.444. The van der Waals surface area contributed by atoms with Gasteiger partial charge >= 0.3 is 0 Å². The highest BCUT2D eigenvalue weighted by atomic mass is 35.5. The molecule has 0 aliphatic carbocycles. The summed E-state index contributed by atoms with van der Waals surface area (Å²) in [6.45, 7) is 6.45. The van der Waals surface area contributed by atoms with Crippen LogP contribution < -0.4 is 10.2 Å². The number of aliphatic hydroxyl groups excluding tert-OH is 1. The summed E-state index contributed by atoms with van der Waals surface area (Å²) >= 11 is 6.09. The Labute approximate surface area is 147 Å². The summed E-state index contributed by atoms with van der Waals surface area (Å²) < 4.78 is 0. The molecule has 0 bridgehead atoms. The molecule has 0 radical (unpaired) electrons. The number of nitrogens with one attached hydrogen (secondary N) is 1. The number of hydrogen-bond donors (Lipinski definition) is 2. The molecular formula is C18H23ClN4O. The first-order valence-electron chi connectivity index (χ1n) is 8.33. The summed E-state index contributed by atoms with van der Waals surface area (Å²) in [4.78, 5) is 11.6. The lowest BCUT2D eigenvalue weighted by atomic mass is 10.00. The van der Waals surface area contributed by atoms with Gasteiger partial charge in [-0.05, 0) is 29.7 Å². The molecule has 0 amide bonds. The van der Waals surface area contributed by atoms with Gasteiger partial charge in [0.25, 0.3) is 0 Å². The number of hydrogen-bond acceptors (Lipinski definition) is 5. The van der Waals surface area contributed by atoms with Crippen molar-refractivity contribution in [1.29, 1.82) is 0 Å². The Bertz CT molecular complexity index is 720. The topological polar surface area (TPSA) is 61.3 Å². The average Bonchev–Trinajstić information content (AvgIpc) is 2.59. The molecule has 1 aromatic heterocycles. The van der Waals surface area contributed by atoms with Gasteiger partial charge in [0.1, 0.15) is 17.5 Å². The zero-order valence-corrected chi connectivity index (χ0v) is 14.8. The zero-order chi connectivity index (χ0) is 17.1. The van der Waals surface area contributed by atoms with Gasteiger partial charge in [-0.1, -0.05) is 31.5 Å². The first kappa shape index (κ1) is 17.0. The molecule has 2 heterocycles. The van der Waals surface area contributed by atoms with Crippen molar-refractivity contribution in [3.8, 4) is 0 Å². The number of nitrogens with zero attached hydrogens (tertiary/aromatic N) is 3. The van der Waals surface area contributed by atoms with Crippen LogP contribution in [-0.4, -0.2) is 34.8 Å². The maximum Gasteiger partial charge on any atom is 0.135 e. The molecule has 1 aliphatic heterocycles. The standard InChI is InChI=1S/C18H23ClN4O/c1-12(2)18-21-16(20-6-8-24)10-17(22-18)23-7-5-13-9-15(19)4-3-14(13)11-23/h3-4,9-10,12,24H,5-8,11H2,1-2H3,(H,20,21,22). The maximum absolute atomic E-state index is 9.03. The van der Waals surface area contributed by atoms with Crippen molar-refractivity contribution >= 4 is 23.2 Å². The lowest BCUT2D eigenvalue weighted by Crippen LogP contribution is -2.31. The predicted molar refractivity (Wildman–Crippen MR) is 97.9 cm³/mol. The minimum absolute atomic E-state index is 0.0776. The van der Waals surface area contributed by atoms with Gasteiger partial charge in [-0.25, -0.2) is 9.97 Å². The minimum Gasteiger partial charge on any atom is -0.395 e. The normalized spacial score (nSPS) is 14.0. The average molecular weight is 347 g/mol. The van der Waals surface area contributed by atoms with E-state index in [9.17, 15) is 0 Å². The van der Waals surface area contributed by atoms with Gasteiger partial charge in [-0.15, -0.1) is 0 Å². The maximum atomic E-state index is 9.03. The van der Waals surface area contributed by atoms with E-state index in [1.165, 1.54) is 11.1 Å². The van der Waals surface area contributed by atoms with Crippen LogP contribution in [0.15, 0.2) is 24.3 Å². The van der Waals surface area contributed by atoms with Crippen LogP contribution in [0.3, 0.4) is 0 Å². The van der Waals surface area contributed by atoms with Gasteiger partial charge in [0, 0.05) is 36.6 Å². The molecule has 0 saturated heterocycles. The van der Waals surface area contributed by atoms with Crippen molar-refractivity contribution in [3.63, 3.8) is 0 Å². The highest BCUT2D eigenvalue weighted by Crippen LogP contribution is 2.27. The number of fused-ring (bicyclic) bond motifs is 1. The van der Waals surface area contributed by atoms with Crippen LogP contribution in [0.4, 0.5) is 11.6 Å². The van der Waals surface area contributed by atoms with E-state index >= 15 is 0 Å². The van der Waals surface area contributed by atoms with E-state index in [1.807, 2.05) is 12.1 Å². The molecule has 0 fully saturated rings. The summed E-state index contributed by atoms with van der Waals surface area (Å²) in [6.07, 6.45) is 0.955. The van der Waals surface area contributed by atoms with Crippen molar-refractivity contribution in [2.45, 2.75) is 32.7 Å². The van der Waals surface area contributed by atoms with Crippen LogP contribution in [0.2, 0.25) is 5.02 Å². The largest absolute Gasteiger partial charge is 0.395 e.